The van der Waals surface area contributed by atoms with Crippen LogP contribution in [0.1, 0.15) is 41.1 Å². The number of hydrogen-bond acceptors (Lipinski definition) is 6. The van der Waals surface area contributed by atoms with Crippen LogP contribution in [0.25, 0.3) is 10.2 Å². The summed E-state index contributed by atoms with van der Waals surface area (Å²) in [4.78, 5) is 35.3. The van der Waals surface area contributed by atoms with Gasteiger partial charge in [0.25, 0.3) is 0 Å². The Bertz CT molecular complexity index is 1010. The van der Waals surface area contributed by atoms with Gasteiger partial charge in [-0.15, -0.1) is 11.3 Å². The number of rotatable bonds is 7. The van der Waals surface area contributed by atoms with Crippen molar-refractivity contribution in [1.82, 2.24) is 9.97 Å². The van der Waals surface area contributed by atoms with Gasteiger partial charge in [0.05, 0.1) is 5.75 Å². The first kappa shape index (κ1) is 20.5. The molecule has 0 fully saturated rings. The van der Waals surface area contributed by atoms with Crippen molar-refractivity contribution in [2.75, 3.05) is 11.1 Å². The van der Waals surface area contributed by atoms with Gasteiger partial charge in [0.1, 0.15) is 16.2 Å². The monoisotopic (exact) mass is 413 g/mol. The predicted octanol–water partition coefficient (Wildman–Crippen LogP) is 5.27. The molecule has 7 heteroatoms. The Morgan fingerprint density at radius 1 is 1.14 bits per heavy atom. The van der Waals surface area contributed by atoms with Gasteiger partial charge in [-0.05, 0) is 49.6 Å². The lowest BCUT2D eigenvalue weighted by molar-refractivity contribution is -0.116. The molecule has 1 N–H and O–H groups in total. The molecule has 2 aromatic heterocycles. The van der Waals surface area contributed by atoms with E-state index in [0.29, 0.717) is 29.3 Å². The normalized spacial score (nSPS) is 11.2. The fourth-order valence-electron chi connectivity index (χ4n) is 2.80. The standard InChI is InChI=1S/C21H23N3O2S2/c1-12(2)9-18(26)24-16-7-5-15(6-8-16)17(25)10-27-20-19-13(3)14(4)28-21(19)23-11-22-20/h5-8,11-12H,9-10H2,1-4H3,(H,24,26). The van der Waals surface area contributed by atoms with E-state index in [1.54, 1.807) is 41.9 Å². The number of amides is 1. The van der Waals surface area contributed by atoms with Gasteiger partial charge >= 0.3 is 0 Å². The summed E-state index contributed by atoms with van der Waals surface area (Å²) >= 11 is 3.09. The number of nitrogens with one attached hydrogen (secondary N) is 1. The van der Waals surface area contributed by atoms with Crippen LogP contribution in [0.3, 0.4) is 0 Å². The smallest absolute Gasteiger partial charge is 0.224 e. The number of ketones is 1. The molecule has 1 amide bonds. The maximum Gasteiger partial charge on any atom is 0.224 e. The number of anilines is 1. The fourth-order valence-corrected chi connectivity index (χ4v) is 4.81. The minimum atomic E-state index is -0.0150. The Kier molecular flexibility index (Phi) is 6.46. The topological polar surface area (TPSA) is 72.0 Å². The highest BCUT2D eigenvalue weighted by Crippen LogP contribution is 2.34. The van der Waals surface area contributed by atoms with E-state index in [9.17, 15) is 9.59 Å². The molecule has 0 aliphatic rings. The Labute approximate surface area is 173 Å². The maximum absolute atomic E-state index is 12.6. The summed E-state index contributed by atoms with van der Waals surface area (Å²) < 4.78 is 0. The van der Waals surface area contributed by atoms with Crippen molar-refractivity contribution < 1.29 is 9.59 Å². The third kappa shape index (κ3) is 4.77. The zero-order chi connectivity index (χ0) is 20.3. The van der Waals surface area contributed by atoms with Crippen molar-refractivity contribution >= 4 is 50.7 Å². The molecule has 0 spiro atoms. The second-order valence-corrected chi connectivity index (χ2v) is 9.24. The van der Waals surface area contributed by atoms with Crippen LogP contribution in [0.2, 0.25) is 0 Å². The first-order chi connectivity index (χ1) is 13.3. The minimum Gasteiger partial charge on any atom is -0.326 e. The van der Waals surface area contributed by atoms with Gasteiger partial charge in [-0.25, -0.2) is 9.97 Å². The van der Waals surface area contributed by atoms with Gasteiger partial charge in [-0.1, -0.05) is 25.6 Å². The van der Waals surface area contributed by atoms with Crippen LogP contribution in [0.4, 0.5) is 5.69 Å². The van der Waals surface area contributed by atoms with Crippen LogP contribution >= 0.6 is 23.1 Å². The second-order valence-electron chi connectivity index (χ2n) is 7.08. The van der Waals surface area contributed by atoms with Crippen LogP contribution in [-0.4, -0.2) is 27.4 Å². The molecule has 146 valence electrons. The second kappa shape index (κ2) is 8.84. The summed E-state index contributed by atoms with van der Waals surface area (Å²) in [7, 11) is 0. The van der Waals surface area contributed by atoms with Gasteiger partial charge in [-0.3, -0.25) is 9.59 Å². The third-order valence-corrected chi connectivity index (χ3v) is 6.46. The molecule has 0 atom stereocenters. The summed E-state index contributed by atoms with van der Waals surface area (Å²) in [5.41, 5.74) is 2.51. The van der Waals surface area contributed by atoms with Gasteiger partial charge < -0.3 is 5.32 Å². The first-order valence-electron chi connectivity index (χ1n) is 9.11. The van der Waals surface area contributed by atoms with E-state index in [4.69, 9.17) is 0 Å². The Hall–Kier alpha value is -2.25. The van der Waals surface area contributed by atoms with Crippen molar-refractivity contribution in [3.05, 3.63) is 46.6 Å². The minimum absolute atomic E-state index is 0.0150. The molecular formula is C21H23N3O2S2. The van der Waals surface area contributed by atoms with E-state index in [2.05, 4.69) is 29.1 Å². The van der Waals surface area contributed by atoms with Gasteiger partial charge in [0.2, 0.25) is 5.91 Å². The molecule has 0 unspecified atom stereocenters. The van der Waals surface area contributed by atoms with Crippen LogP contribution in [0, 0.1) is 19.8 Å². The van der Waals surface area contributed by atoms with E-state index in [-0.39, 0.29) is 11.7 Å². The molecule has 0 aliphatic carbocycles. The number of aryl methyl sites for hydroxylation is 2. The van der Waals surface area contributed by atoms with Crippen LogP contribution in [0.15, 0.2) is 35.6 Å². The molecule has 2 heterocycles. The number of aromatic nitrogens is 2. The predicted molar refractivity (Wildman–Crippen MR) is 116 cm³/mol. The average molecular weight is 414 g/mol. The van der Waals surface area contributed by atoms with Gasteiger partial charge in [0, 0.05) is 27.9 Å². The molecule has 0 saturated heterocycles. The number of carbonyl (C=O) groups is 2. The summed E-state index contributed by atoms with van der Waals surface area (Å²) in [6, 6.07) is 7.05. The zero-order valence-electron chi connectivity index (χ0n) is 16.4. The quantitative estimate of drug-likeness (QED) is 0.325. The molecule has 5 nitrogen and oxygen atoms in total. The zero-order valence-corrected chi connectivity index (χ0v) is 18.0. The number of nitrogens with zero attached hydrogens (tertiary/aromatic N) is 2. The first-order valence-corrected chi connectivity index (χ1v) is 10.9. The molecule has 28 heavy (non-hydrogen) atoms. The van der Waals surface area contributed by atoms with Crippen LogP contribution in [0.5, 0.6) is 0 Å². The number of fused-ring (bicyclic) bond motifs is 1. The summed E-state index contributed by atoms with van der Waals surface area (Å²) in [6.07, 6.45) is 2.03. The SMILES string of the molecule is Cc1sc2ncnc(SCC(=O)c3ccc(NC(=O)CC(C)C)cc3)c2c1C. The van der Waals surface area contributed by atoms with Crippen molar-refractivity contribution in [3.8, 4) is 0 Å². The number of carbonyl (C=O) groups excluding carboxylic acids is 2. The number of Topliss-reactive ketones (excluding diaryl/α,β-unsaturated/α-hetero) is 1. The highest BCUT2D eigenvalue weighted by Gasteiger charge is 2.14. The lowest BCUT2D eigenvalue weighted by Gasteiger charge is -2.08. The molecule has 0 saturated carbocycles. The summed E-state index contributed by atoms with van der Waals surface area (Å²) in [6.45, 7) is 8.14. The van der Waals surface area contributed by atoms with Crippen molar-refractivity contribution in [2.45, 2.75) is 39.1 Å². The fraction of sp³-hybridized carbons (Fsp3) is 0.333. The highest BCUT2D eigenvalue weighted by molar-refractivity contribution is 8.00. The lowest BCUT2D eigenvalue weighted by Crippen LogP contribution is -2.14. The van der Waals surface area contributed by atoms with Crippen molar-refractivity contribution in [1.29, 1.82) is 0 Å². The Balaban J connectivity index is 1.65. The highest BCUT2D eigenvalue weighted by atomic mass is 32.2. The molecule has 1 aromatic carbocycles. The third-order valence-electron chi connectivity index (χ3n) is 4.35. The van der Waals surface area contributed by atoms with Gasteiger partial charge in [-0.2, -0.15) is 0 Å². The van der Waals surface area contributed by atoms with Crippen LogP contribution in [-0.2, 0) is 4.79 Å². The maximum atomic E-state index is 12.6. The molecule has 3 rings (SSSR count). The average Bonchev–Trinajstić information content (AvgIpc) is 2.94. The van der Waals surface area contributed by atoms with Gasteiger partial charge in [0.15, 0.2) is 5.78 Å². The molecule has 0 bridgehead atoms. The van der Waals surface area contributed by atoms with E-state index in [1.807, 2.05) is 13.8 Å². The molecule has 3 aromatic rings. The van der Waals surface area contributed by atoms with E-state index in [0.717, 1.165) is 15.2 Å². The Morgan fingerprint density at radius 2 is 1.86 bits per heavy atom. The Morgan fingerprint density at radius 3 is 2.54 bits per heavy atom. The number of thioether (sulfide) groups is 1. The van der Waals surface area contributed by atoms with Crippen molar-refractivity contribution in [3.63, 3.8) is 0 Å². The lowest BCUT2D eigenvalue weighted by atomic mass is 10.1. The van der Waals surface area contributed by atoms with E-state index < -0.39 is 0 Å². The molecular weight excluding hydrogens is 390 g/mol. The van der Waals surface area contributed by atoms with E-state index >= 15 is 0 Å². The number of benzene rings is 1. The van der Waals surface area contributed by atoms with E-state index in [1.165, 1.54) is 22.2 Å². The summed E-state index contributed by atoms with van der Waals surface area (Å²) in [5, 5.41) is 4.75. The number of hydrogen-bond donors (Lipinski definition) is 1. The molecule has 0 radical (unpaired) electrons. The number of thiophene rings is 1. The van der Waals surface area contributed by atoms with Crippen molar-refractivity contribution in [2.24, 2.45) is 5.92 Å². The molecule has 0 aliphatic heterocycles. The van der Waals surface area contributed by atoms with Crippen LogP contribution < -0.4 is 5.32 Å². The largest absolute Gasteiger partial charge is 0.326 e. The summed E-state index contributed by atoms with van der Waals surface area (Å²) in [5.74, 6) is 0.626.